The van der Waals surface area contributed by atoms with Gasteiger partial charge in [0.2, 0.25) is 0 Å². The molecule has 0 saturated heterocycles. The first-order chi connectivity index (χ1) is 16.1. The van der Waals surface area contributed by atoms with Crippen molar-refractivity contribution in [2.24, 2.45) is 5.16 Å². The van der Waals surface area contributed by atoms with E-state index in [4.69, 9.17) is 24.2 Å². The van der Waals surface area contributed by atoms with Gasteiger partial charge in [0, 0.05) is 11.1 Å². The van der Waals surface area contributed by atoms with Crippen LogP contribution in [0.5, 0.6) is 23.0 Å². The average Bonchev–Trinajstić information content (AvgIpc) is 2.82. The smallest absolute Gasteiger partial charge is 0.307 e. The predicted molar refractivity (Wildman–Crippen MR) is 126 cm³/mol. The average molecular weight is 450 g/mol. The van der Waals surface area contributed by atoms with E-state index in [9.17, 15) is 4.79 Å². The Kier molecular flexibility index (Phi) is 8.71. The first-order valence-corrected chi connectivity index (χ1v) is 10.6. The standard InChI is InChI=1S/C26H27NO6/c1-3-15-32-27-24(18-31-25-10-5-4-7-20(25)17-26(28)29)19-8-6-9-23(16-19)33-22-13-11-21(30-2)12-14-22/h4-14,16H,3,15,17-18H2,1-2H3,(H,28,29). The molecule has 3 aromatic carbocycles. The summed E-state index contributed by atoms with van der Waals surface area (Å²) in [6.45, 7) is 2.57. The van der Waals surface area contributed by atoms with E-state index in [1.807, 2.05) is 55.5 Å². The summed E-state index contributed by atoms with van der Waals surface area (Å²) in [7, 11) is 1.61. The van der Waals surface area contributed by atoms with Crippen LogP contribution in [0.25, 0.3) is 0 Å². The molecule has 0 heterocycles. The Morgan fingerprint density at radius 3 is 2.42 bits per heavy atom. The fourth-order valence-electron chi connectivity index (χ4n) is 3.00. The number of oxime groups is 1. The van der Waals surface area contributed by atoms with Crippen LogP contribution in [0.1, 0.15) is 24.5 Å². The van der Waals surface area contributed by atoms with E-state index in [1.165, 1.54) is 0 Å². The first-order valence-electron chi connectivity index (χ1n) is 10.6. The summed E-state index contributed by atoms with van der Waals surface area (Å²) in [6.07, 6.45) is 0.694. The summed E-state index contributed by atoms with van der Waals surface area (Å²) in [4.78, 5) is 16.6. The lowest BCUT2D eigenvalue weighted by atomic mass is 10.1. The van der Waals surface area contributed by atoms with Crippen LogP contribution in [0.3, 0.4) is 0 Å². The highest BCUT2D eigenvalue weighted by Crippen LogP contribution is 2.25. The van der Waals surface area contributed by atoms with E-state index in [-0.39, 0.29) is 13.0 Å². The Morgan fingerprint density at radius 1 is 0.939 bits per heavy atom. The molecule has 0 fully saturated rings. The van der Waals surface area contributed by atoms with Crippen LogP contribution in [0.4, 0.5) is 0 Å². The normalized spacial score (nSPS) is 11.0. The number of carbonyl (C=O) groups is 1. The summed E-state index contributed by atoms with van der Waals surface area (Å²) in [5.74, 6) is 1.63. The number of methoxy groups -OCH3 is 1. The Bertz CT molecular complexity index is 1080. The molecule has 33 heavy (non-hydrogen) atoms. The predicted octanol–water partition coefficient (Wildman–Crippen LogP) is 5.32. The number of nitrogens with zero attached hydrogens (tertiary/aromatic N) is 1. The molecule has 0 spiro atoms. The summed E-state index contributed by atoms with van der Waals surface area (Å²) >= 11 is 0. The Labute approximate surface area is 193 Å². The molecule has 0 aliphatic carbocycles. The Balaban J connectivity index is 1.78. The lowest BCUT2D eigenvalue weighted by molar-refractivity contribution is -0.136. The van der Waals surface area contributed by atoms with E-state index >= 15 is 0 Å². The van der Waals surface area contributed by atoms with E-state index in [1.54, 1.807) is 31.4 Å². The number of ether oxygens (including phenoxy) is 3. The summed E-state index contributed by atoms with van der Waals surface area (Å²) in [6, 6.07) is 21.8. The summed E-state index contributed by atoms with van der Waals surface area (Å²) in [5.41, 5.74) is 1.93. The van der Waals surface area contributed by atoms with Crippen molar-refractivity contribution in [1.82, 2.24) is 0 Å². The van der Waals surface area contributed by atoms with Crippen molar-refractivity contribution < 1.29 is 28.9 Å². The molecule has 0 aromatic heterocycles. The molecular weight excluding hydrogens is 422 g/mol. The van der Waals surface area contributed by atoms with Gasteiger partial charge in [0.05, 0.1) is 13.5 Å². The van der Waals surface area contributed by atoms with Crippen molar-refractivity contribution in [1.29, 1.82) is 0 Å². The number of carboxylic acids is 1. The fraction of sp³-hybridized carbons (Fsp3) is 0.231. The number of benzene rings is 3. The molecule has 0 radical (unpaired) electrons. The van der Waals surface area contributed by atoms with E-state index in [0.29, 0.717) is 35.1 Å². The minimum absolute atomic E-state index is 0.104. The molecule has 1 N–H and O–H groups in total. The number of rotatable bonds is 12. The summed E-state index contributed by atoms with van der Waals surface area (Å²) < 4.78 is 17.1. The number of hydrogen-bond donors (Lipinski definition) is 1. The molecule has 7 heteroatoms. The SMILES string of the molecule is CCCON=C(COc1ccccc1CC(=O)O)c1cccc(Oc2ccc(OC)cc2)c1. The van der Waals surface area contributed by atoms with Crippen LogP contribution in [-0.4, -0.2) is 37.1 Å². The van der Waals surface area contributed by atoms with Crippen molar-refractivity contribution in [2.75, 3.05) is 20.3 Å². The van der Waals surface area contributed by atoms with Gasteiger partial charge in [-0.25, -0.2) is 0 Å². The second-order valence-electron chi connectivity index (χ2n) is 7.14. The zero-order valence-electron chi connectivity index (χ0n) is 18.7. The third-order valence-electron chi connectivity index (χ3n) is 4.61. The number of carboxylic acid groups (broad SMARTS) is 1. The van der Waals surface area contributed by atoms with Crippen molar-refractivity contribution in [3.63, 3.8) is 0 Å². The molecule has 3 rings (SSSR count). The number of aliphatic carboxylic acids is 1. The van der Waals surface area contributed by atoms with E-state index in [2.05, 4.69) is 5.16 Å². The van der Waals surface area contributed by atoms with Gasteiger partial charge in [-0.3, -0.25) is 4.79 Å². The van der Waals surface area contributed by atoms with E-state index < -0.39 is 5.97 Å². The largest absolute Gasteiger partial charge is 0.497 e. The van der Waals surface area contributed by atoms with Gasteiger partial charge in [-0.15, -0.1) is 0 Å². The monoisotopic (exact) mass is 449 g/mol. The third-order valence-corrected chi connectivity index (χ3v) is 4.61. The van der Waals surface area contributed by atoms with Gasteiger partial charge in [-0.2, -0.15) is 0 Å². The quantitative estimate of drug-likeness (QED) is 0.229. The van der Waals surface area contributed by atoms with E-state index in [0.717, 1.165) is 17.7 Å². The second kappa shape index (κ2) is 12.1. The van der Waals surface area contributed by atoms with Crippen LogP contribution in [0, 0.1) is 0 Å². The van der Waals surface area contributed by atoms with Gasteiger partial charge in [0.1, 0.15) is 41.9 Å². The molecule has 7 nitrogen and oxygen atoms in total. The van der Waals surface area contributed by atoms with Gasteiger partial charge in [-0.1, -0.05) is 42.4 Å². The fourth-order valence-corrected chi connectivity index (χ4v) is 3.00. The van der Waals surface area contributed by atoms with Crippen molar-refractivity contribution in [2.45, 2.75) is 19.8 Å². The second-order valence-corrected chi connectivity index (χ2v) is 7.14. The number of hydrogen-bond acceptors (Lipinski definition) is 6. The molecule has 0 atom stereocenters. The van der Waals surface area contributed by atoms with Crippen molar-refractivity contribution in [3.05, 3.63) is 83.9 Å². The maximum Gasteiger partial charge on any atom is 0.307 e. The molecule has 0 saturated carbocycles. The zero-order valence-corrected chi connectivity index (χ0v) is 18.7. The lowest BCUT2D eigenvalue weighted by Crippen LogP contribution is -2.15. The van der Waals surface area contributed by atoms with Crippen LogP contribution in [-0.2, 0) is 16.1 Å². The van der Waals surface area contributed by atoms with Gasteiger partial charge >= 0.3 is 5.97 Å². The molecule has 3 aromatic rings. The minimum Gasteiger partial charge on any atom is -0.497 e. The highest BCUT2D eigenvalue weighted by Gasteiger charge is 2.12. The lowest BCUT2D eigenvalue weighted by Gasteiger charge is -2.13. The van der Waals surface area contributed by atoms with Crippen LogP contribution >= 0.6 is 0 Å². The van der Waals surface area contributed by atoms with Gasteiger partial charge in [0.25, 0.3) is 0 Å². The molecular formula is C26H27NO6. The molecule has 0 aliphatic heterocycles. The highest BCUT2D eigenvalue weighted by atomic mass is 16.6. The molecule has 172 valence electrons. The van der Waals surface area contributed by atoms with Crippen LogP contribution < -0.4 is 14.2 Å². The third kappa shape index (κ3) is 7.28. The van der Waals surface area contributed by atoms with Crippen LogP contribution in [0.15, 0.2) is 78.0 Å². The molecule has 0 unspecified atom stereocenters. The molecule has 0 aliphatic rings. The van der Waals surface area contributed by atoms with Crippen molar-refractivity contribution >= 4 is 11.7 Å². The van der Waals surface area contributed by atoms with Gasteiger partial charge in [0.15, 0.2) is 0 Å². The Morgan fingerprint density at radius 2 is 1.70 bits per heavy atom. The maximum absolute atomic E-state index is 11.2. The zero-order chi connectivity index (χ0) is 23.5. The topological polar surface area (TPSA) is 86.6 Å². The van der Waals surface area contributed by atoms with Crippen LogP contribution in [0.2, 0.25) is 0 Å². The minimum atomic E-state index is -0.922. The molecule has 0 bridgehead atoms. The van der Waals surface area contributed by atoms with Crippen molar-refractivity contribution in [3.8, 4) is 23.0 Å². The maximum atomic E-state index is 11.2. The van der Waals surface area contributed by atoms with Gasteiger partial charge < -0.3 is 24.2 Å². The Hall–Kier alpha value is -4.00. The first kappa shape index (κ1) is 23.7. The number of para-hydroxylation sites is 1. The van der Waals surface area contributed by atoms with Gasteiger partial charge in [-0.05, 0) is 48.9 Å². The summed E-state index contributed by atoms with van der Waals surface area (Å²) in [5, 5.41) is 13.4. The molecule has 0 amide bonds. The highest BCUT2D eigenvalue weighted by molar-refractivity contribution is 6.01.